The molecule has 1 rings (SSSR count). The van der Waals surface area contributed by atoms with Crippen LogP contribution in [0.25, 0.3) is 0 Å². The number of carbonyl (C=O) groups excluding carboxylic acids is 1. The lowest BCUT2D eigenvalue weighted by Crippen LogP contribution is -2.38. The molecule has 0 aliphatic rings. The lowest BCUT2D eigenvalue weighted by molar-refractivity contribution is -0.385. The van der Waals surface area contributed by atoms with Crippen LogP contribution in [0.3, 0.4) is 0 Å². The smallest absolute Gasteiger partial charge is 0.303 e. The number of nitro benzene ring substituents is 1. The molecule has 0 atom stereocenters. The van der Waals surface area contributed by atoms with E-state index < -0.39 is 16.8 Å². The molecule has 0 saturated heterocycles. The Morgan fingerprint density at radius 3 is 2.48 bits per heavy atom. The number of carbonyl (C=O) groups is 2. The first-order chi connectivity index (χ1) is 9.84. The summed E-state index contributed by atoms with van der Waals surface area (Å²) in [5.41, 5.74) is -0.224. The van der Waals surface area contributed by atoms with Crippen molar-refractivity contribution in [3.05, 3.63) is 39.9 Å². The van der Waals surface area contributed by atoms with E-state index in [-0.39, 0.29) is 30.3 Å². The SMILES string of the molecule is CC(C)N(CCCC(=O)O)C(=O)c1ccccc1[N+](=O)[O-]. The Morgan fingerprint density at radius 2 is 1.95 bits per heavy atom. The van der Waals surface area contributed by atoms with Gasteiger partial charge in [0.1, 0.15) is 5.56 Å². The summed E-state index contributed by atoms with van der Waals surface area (Å²) in [4.78, 5) is 34.8. The first kappa shape index (κ1) is 16.6. The second-order valence-corrected chi connectivity index (χ2v) is 4.86. The van der Waals surface area contributed by atoms with Gasteiger partial charge in [-0.3, -0.25) is 19.7 Å². The quantitative estimate of drug-likeness (QED) is 0.614. The van der Waals surface area contributed by atoms with E-state index in [4.69, 9.17) is 5.11 Å². The van der Waals surface area contributed by atoms with E-state index in [9.17, 15) is 19.7 Å². The number of hydrogen-bond donors (Lipinski definition) is 1. The Labute approximate surface area is 122 Å². The van der Waals surface area contributed by atoms with Crippen molar-refractivity contribution in [2.24, 2.45) is 0 Å². The lowest BCUT2D eigenvalue weighted by Gasteiger charge is -2.26. The molecular weight excluding hydrogens is 276 g/mol. The maximum absolute atomic E-state index is 12.5. The van der Waals surface area contributed by atoms with Crippen LogP contribution < -0.4 is 0 Å². The predicted molar refractivity (Wildman–Crippen MR) is 76.1 cm³/mol. The summed E-state index contributed by atoms with van der Waals surface area (Å²) in [6.07, 6.45) is 0.257. The van der Waals surface area contributed by atoms with Crippen LogP contribution in [0.15, 0.2) is 24.3 Å². The molecule has 0 spiro atoms. The topological polar surface area (TPSA) is 101 Å². The number of nitrogens with zero attached hydrogens (tertiary/aromatic N) is 2. The number of carboxylic acids is 1. The molecule has 0 aromatic heterocycles. The zero-order valence-electron chi connectivity index (χ0n) is 12.0. The Bertz CT molecular complexity index is 542. The molecular formula is C14H18N2O5. The lowest BCUT2D eigenvalue weighted by atomic mass is 10.1. The molecule has 0 bridgehead atoms. The van der Waals surface area contributed by atoms with Gasteiger partial charge >= 0.3 is 5.97 Å². The number of nitro groups is 1. The number of para-hydroxylation sites is 1. The van der Waals surface area contributed by atoms with Crippen LogP contribution in [0, 0.1) is 10.1 Å². The third-order valence-electron chi connectivity index (χ3n) is 3.01. The van der Waals surface area contributed by atoms with Crippen LogP contribution in [0.4, 0.5) is 5.69 Å². The van der Waals surface area contributed by atoms with Gasteiger partial charge in [-0.1, -0.05) is 12.1 Å². The summed E-state index contributed by atoms with van der Waals surface area (Å²) in [5, 5.41) is 19.6. The van der Waals surface area contributed by atoms with E-state index >= 15 is 0 Å². The van der Waals surface area contributed by atoms with Crippen LogP contribution in [0.5, 0.6) is 0 Å². The molecule has 0 unspecified atom stereocenters. The van der Waals surface area contributed by atoms with Crippen LogP contribution >= 0.6 is 0 Å². The molecule has 7 heteroatoms. The minimum atomic E-state index is -0.933. The summed E-state index contributed by atoms with van der Waals surface area (Å²) in [5.74, 6) is -1.39. The minimum Gasteiger partial charge on any atom is -0.481 e. The second kappa shape index (κ2) is 7.37. The van der Waals surface area contributed by atoms with Gasteiger partial charge in [-0.2, -0.15) is 0 Å². The summed E-state index contributed by atoms with van der Waals surface area (Å²) < 4.78 is 0. The summed E-state index contributed by atoms with van der Waals surface area (Å²) in [6, 6.07) is 5.58. The average Bonchev–Trinajstić information content (AvgIpc) is 2.42. The monoisotopic (exact) mass is 294 g/mol. The van der Waals surface area contributed by atoms with Gasteiger partial charge in [-0.15, -0.1) is 0 Å². The average molecular weight is 294 g/mol. The molecule has 1 amide bonds. The van der Waals surface area contributed by atoms with Gasteiger partial charge in [0.25, 0.3) is 11.6 Å². The normalized spacial score (nSPS) is 10.4. The third-order valence-corrected chi connectivity index (χ3v) is 3.01. The van der Waals surface area contributed by atoms with E-state index in [1.165, 1.54) is 23.1 Å². The number of amides is 1. The van der Waals surface area contributed by atoms with Crippen molar-refractivity contribution in [3.63, 3.8) is 0 Å². The summed E-state index contributed by atoms with van der Waals surface area (Å²) >= 11 is 0. The maximum atomic E-state index is 12.5. The van der Waals surface area contributed by atoms with Gasteiger partial charge in [0.15, 0.2) is 0 Å². The fourth-order valence-electron chi connectivity index (χ4n) is 1.96. The predicted octanol–water partition coefficient (Wildman–Crippen LogP) is 2.31. The molecule has 1 aromatic rings. The van der Waals surface area contributed by atoms with Crippen LogP contribution in [-0.2, 0) is 4.79 Å². The first-order valence-electron chi connectivity index (χ1n) is 6.60. The summed E-state index contributed by atoms with van der Waals surface area (Å²) in [6.45, 7) is 3.82. The second-order valence-electron chi connectivity index (χ2n) is 4.86. The van der Waals surface area contributed by atoms with Crippen LogP contribution in [-0.4, -0.2) is 39.4 Å². The number of benzene rings is 1. The molecule has 7 nitrogen and oxygen atoms in total. The van der Waals surface area contributed by atoms with Gasteiger partial charge in [-0.05, 0) is 26.3 Å². The highest BCUT2D eigenvalue weighted by atomic mass is 16.6. The molecule has 1 aromatic carbocycles. The number of aliphatic carboxylic acids is 1. The highest BCUT2D eigenvalue weighted by Crippen LogP contribution is 2.20. The minimum absolute atomic E-state index is 0.0199. The van der Waals surface area contributed by atoms with Crippen molar-refractivity contribution in [1.82, 2.24) is 4.90 Å². The van der Waals surface area contributed by atoms with E-state index in [0.29, 0.717) is 6.42 Å². The molecule has 0 radical (unpaired) electrons. The van der Waals surface area contributed by atoms with Gasteiger partial charge in [-0.25, -0.2) is 0 Å². The molecule has 21 heavy (non-hydrogen) atoms. The van der Waals surface area contributed by atoms with Crippen molar-refractivity contribution in [1.29, 1.82) is 0 Å². The van der Waals surface area contributed by atoms with Gasteiger partial charge in [0, 0.05) is 25.1 Å². The zero-order valence-corrected chi connectivity index (χ0v) is 12.0. The van der Waals surface area contributed by atoms with E-state index in [1.54, 1.807) is 19.9 Å². The molecule has 1 N–H and O–H groups in total. The largest absolute Gasteiger partial charge is 0.481 e. The van der Waals surface area contributed by atoms with E-state index in [1.807, 2.05) is 0 Å². The van der Waals surface area contributed by atoms with Gasteiger partial charge in [0.05, 0.1) is 4.92 Å². The Balaban J connectivity index is 2.96. The summed E-state index contributed by atoms with van der Waals surface area (Å²) in [7, 11) is 0. The maximum Gasteiger partial charge on any atom is 0.303 e. The number of rotatable bonds is 7. The van der Waals surface area contributed by atoms with Crippen LogP contribution in [0.1, 0.15) is 37.0 Å². The fraction of sp³-hybridized carbons (Fsp3) is 0.429. The van der Waals surface area contributed by atoms with E-state index in [2.05, 4.69) is 0 Å². The molecule has 0 aliphatic heterocycles. The van der Waals surface area contributed by atoms with E-state index in [0.717, 1.165) is 0 Å². The first-order valence-corrected chi connectivity index (χ1v) is 6.60. The van der Waals surface area contributed by atoms with Crippen molar-refractivity contribution >= 4 is 17.6 Å². The Hall–Kier alpha value is -2.44. The van der Waals surface area contributed by atoms with Crippen LogP contribution in [0.2, 0.25) is 0 Å². The molecule has 0 heterocycles. The van der Waals surface area contributed by atoms with Gasteiger partial charge < -0.3 is 10.0 Å². The molecule has 0 aliphatic carbocycles. The standard InChI is InChI=1S/C14H18N2O5/c1-10(2)15(9-5-8-13(17)18)14(19)11-6-3-4-7-12(11)16(20)21/h3-4,6-7,10H,5,8-9H2,1-2H3,(H,17,18). The van der Waals surface area contributed by atoms with Crippen molar-refractivity contribution in [2.45, 2.75) is 32.7 Å². The highest BCUT2D eigenvalue weighted by Gasteiger charge is 2.25. The van der Waals surface area contributed by atoms with Crippen molar-refractivity contribution in [3.8, 4) is 0 Å². The number of hydrogen-bond acceptors (Lipinski definition) is 4. The van der Waals surface area contributed by atoms with Gasteiger partial charge in [0.2, 0.25) is 0 Å². The Kier molecular flexibility index (Phi) is 5.83. The Morgan fingerprint density at radius 1 is 1.33 bits per heavy atom. The molecule has 0 fully saturated rings. The molecule has 0 saturated carbocycles. The fourth-order valence-corrected chi connectivity index (χ4v) is 1.96. The van der Waals surface area contributed by atoms with Crippen molar-refractivity contribution in [2.75, 3.05) is 6.54 Å². The molecule has 114 valence electrons. The number of carboxylic acid groups (broad SMARTS) is 1. The zero-order chi connectivity index (χ0) is 16.0. The highest BCUT2D eigenvalue weighted by molar-refractivity contribution is 5.98. The third kappa shape index (κ3) is 4.55. The van der Waals surface area contributed by atoms with Crippen molar-refractivity contribution < 1.29 is 19.6 Å².